The first-order chi connectivity index (χ1) is 10.4. The molecule has 0 N–H and O–H groups in total. The summed E-state index contributed by atoms with van der Waals surface area (Å²) in [6.07, 6.45) is 2.31. The van der Waals surface area contributed by atoms with Crippen molar-refractivity contribution in [2.75, 3.05) is 13.1 Å². The molecule has 0 saturated carbocycles. The average Bonchev–Trinajstić information content (AvgIpc) is 3.01. The topological polar surface area (TPSA) is 32.8 Å². The number of fused-ring (bicyclic) bond motifs is 1. The SMILES string of the molecule is CC(C)(C)OC(=O)N1CC[C@@H]2CCN(Cc3ccccc3)[C@@H]21. The third-order valence-electron chi connectivity index (χ3n) is 4.50. The molecule has 2 aliphatic heterocycles. The number of hydrogen-bond acceptors (Lipinski definition) is 3. The maximum atomic E-state index is 12.5. The van der Waals surface area contributed by atoms with Gasteiger partial charge in [0, 0.05) is 19.6 Å². The van der Waals surface area contributed by atoms with E-state index in [1.54, 1.807) is 0 Å². The normalized spacial score (nSPS) is 25.3. The molecule has 0 bridgehead atoms. The highest BCUT2D eigenvalue weighted by Gasteiger charge is 2.45. The Morgan fingerprint density at radius 1 is 1.18 bits per heavy atom. The number of hydrogen-bond donors (Lipinski definition) is 0. The van der Waals surface area contributed by atoms with Gasteiger partial charge in [0.2, 0.25) is 0 Å². The minimum Gasteiger partial charge on any atom is -0.444 e. The van der Waals surface area contributed by atoms with Gasteiger partial charge in [-0.2, -0.15) is 0 Å². The van der Waals surface area contributed by atoms with Gasteiger partial charge in [-0.05, 0) is 45.1 Å². The predicted molar refractivity (Wildman–Crippen MR) is 86.3 cm³/mol. The van der Waals surface area contributed by atoms with E-state index in [0.29, 0.717) is 5.92 Å². The fraction of sp³-hybridized carbons (Fsp3) is 0.611. The smallest absolute Gasteiger partial charge is 0.411 e. The largest absolute Gasteiger partial charge is 0.444 e. The van der Waals surface area contributed by atoms with Crippen molar-refractivity contribution in [3.8, 4) is 0 Å². The van der Waals surface area contributed by atoms with E-state index in [0.717, 1.165) is 26.1 Å². The summed E-state index contributed by atoms with van der Waals surface area (Å²) in [5.74, 6) is 0.594. The molecular formula is C18H26N2O2. The number of ether oxygens (including phenoxy) is 1. The molecule has 2 heterocycles. The predicted octanol–water partition coefficient (Wildman–Crippen LogP) is 3.48. The van der Waals surface area contributed by atoms with E-state index in [4.69, 9.17) is 4.74 Å². The minimum atomic E-state index is -0.433. The zero-order valence-corrected chi connectivity index (χ0v) is 13.8. The lowest BCUT2D eigenvalue weighted by Crippen LogP contribution is -2.47. The van der Waals surface area contributed by atoms with Crippen molar-refractivity contribution in [3.05, 3.63) is 35.9 Å². The zero-order chi connectivity index (χ0) is 15.7. The summed E-state index contributed by atoms with van der Waals surface area (Å²) in [7, 11) is 0. The molecule has 22 heavy (non-hydrogen) atoms. The van der Waals surface area contributed by atoms with Crippen LogP contribution in [0.1, 0.15) is 39.2 Å². The van der Waals surface area contributed by atoms with Crippen molar-refractivity contribution < 1.29 is 9.53 Å². The van der Waals surface area contributed by atoms with Crippen LogP contribution in [0.3, 0.4) is 0 Å². The summed E-state index contributed by atoms with van der Waals surface area (Å²) in [5.41, 5.74) is 0.872. The number of carbonyl (C=O) groups excluding carboxylic acids is 1. The van der Waals surface area contributed by atoms with Gasteiger partial charge in [0.1, 0.15) is 5.60 Å². The summed E-state index contributed by atoms with van der Waals surface area (Å²) in [6, 6.07) is 10.5. The number of nitrogens with zero attached hydrogens (tertiary/aromatic N) is 2. The fourth-order valence-electron chi connectivity index (χ4n) is 3.60. The summed E-state index contributed by atoms with van der Waals surface area (Å²) >= 11 is 0. The highest BCUT2D eigenvalue weighted by molar-refractivity contribution is 5.69. The summed E-state index contributed by atoms with van der Waals surface area (Å²) in [4.78, 5) is 16.8. The van der Waals surface area contributed by atoms with Gasteiger partial charge in [-0.15, -0.1) is 0 Å². The van der Waals surface area contributed by atoms with Crippen LogP contribution in [-0.4, -0.2) is 40.7 Å². The molecular weight excluding hydrogens is 276 g/mol. The van der Waals surface area contributed by atoms with Crippen molar-refractivity contribution >= 4 is 6.09 Å². The molecule has 2 atom stereocenters. The van der Waals surface area contributed by atoms with Gasteiger partial charge in [0.25, 0.3) is 0 Å². The third-order valence-corrected chi connectivity index (χ3v) is 4.50. The number of likely N-dealkylation sites (tertiary alicyclic amines) is 2. The first kappa shape index (κ1) is 15.3. The second-order valence-electron chi connectivity index (χ2n) is 7.38. The van der Waals surface area contributed by atoms with E-state index in [1.807, 2.05) is 31.7 Å². The molecule has 0 aliphatic carbocycles. The van der Waals surface area contributed by atoms with Crippen LogP contribution < -0.4 is 0 Å². The molecule has 4 heteroatoms. The molecule has 1 aromatic carbocycles. The quantitative estimate of drug-likeness (QED) is 0.838. The molecule has 0 spiro atoms. The molecule has 0 unspecified atom stereocenters. The van der Waals surface area contributed by atoms with Crippen LogP contribution in [0.15, 0.2) is 30.3 Å². The van der Waals surface area contributed by atoms with Gasteiger partial charge in [-0.25, -0.2) is 4.79 Å². The van der Waals surface area contributed by atoms with Gasteiger partial charge in [0.05, 0.1) is 6.17 Å². The molecule has 2 aliphatic rings. The Morgan fingerprint density at radius 2 is 1.86 bits per heavy atom. The van der Waals surface area contributed by atoms with Gasteiger partial charge >= 0.3 is 6.09 Å². The molecule has 2 fully saturated rings. The molecule has 4 nitrogen and oxygen atoms in total. The maximum absolute atomic E-state index is 12.5. The minimum absolute atomic E-state index is 0.167. The van der Waals surface area contributed by atoms with E-state index in [-0.39, 0.29) is 12.3 Å². The number of carbonyl (C=O) groups is 1. The molecule has 1 amide bonds. The van der Waals surface area contributed by atoms with Crippen LogP contribution in [0.5, 0.6) is 0 Å². The van der Waals surface area contributed by atoms with Crippen LogP contribution in [0.2, 0.25) is 0 Å². The number of amides is 1. The Balaban J connectivity index is 1.71. The fourth-order valence-corrected chi connectivity index (χ4v) is 3.60. The second kappa shape index (κ2) is 5.92. The first-order valence-corrected chi connectivity index (χ1v) is 8.22. The van der Waals surface area contributed by atoms with Crippen molar-refractivity contribution in [1.82, 2.24) is 9.80 Å². The van der Waals surface area contributed by atoms with Gasteiger partial charge in [-0.1, -0.05) is 30.3 Å². The monoisotopic (exact) mass is 302 g/mol. The first-order valence-electron chi connectivity index (χ1n) is 8.22. The lowest BCUT2D eigenvalue weighted by atomic mass is 10.1. The van der Waals surface area contributed by atoms with Crippen LogP contribution in [-0.2, 0) is 11.3 Å². The molecule has 0 aromatic heterocycles. The maximum Gasteiger partial charge on any atom is 0.411 e. The number of benzene rings is 1. The highest BCUT2D eigenvalue weighted by atomic mass is 16.6. The summed E-state index contributed by atoms with van der Waals surface area (Å²) in [6.45, 7) is 8.55. The second-order valence-corrected chi connectivity index (χ2v) is 7.38. The summed E-state index contributed by atoms with van der Waals surface area (Å²) < 4.78 is 5.59. The van der Waals surface area contributed by atoms with E-state index in [2.05, 4.69) is 29.2 Å². The molecule has 1 aromatic rings. The Hall–Kier alpha value is -1.55. The van der Waals surface area contributed by atoms with Crippen LogP contribution in [0, 0.1) is 5.92 Å². The van der Waals surface area contributed by atoms with E-state index in [1.165, 1.54) is 12.0 Å². The molecule has 3 rings (SSSR count). The van der Waals surface area contributed by atoms with Crippen LogP contribution in [0.25, 0.3) is 0 Å². The molecule has 0 radical (unpaired) electrons. The Kier molecular flexibility index (Phi) is 4.13. The van der Waals surface area contributed by atoms with Crippen LogP contribution >= 0.6 is 0 Å². The lowest BCUT2D eigenvalue weighted by Gasteiger charge is -2.33. The Bertz CT molecular complexity index is 524. The third kappa shape index (κ3) is 3.27. The van der Waals surface area contributed by atoms with Gasteiger partial charge < -0.3 is 4.74 Å². The van der Waals surface area contributed by atoms with Gasteiger partial charge in [0.15, 0.2) is 0 Å². The van der Waals surface area contributed by atoms with Crippen molar-refractivity contribution in [3.63, 3.8) is 0 Å². The average molecular weight is 302 g/mol. The van der Waals surface area contributed by atoms with Gasteiger partial charge in [-0.3, -0.25) is 9.80 Å². The summed E-state index contributed by atoms with van der Waals surface area (Å²) in [5, 5.41) is 0. The lowest BCUT2D eigenvalue weighted by molar-refractivity contribution is 0.00322. The van der Waals surface area contributed by atoms with E-state index >= 15 is 0 Å². The van der Waals surface area contributed by atoms with Crippen molar-refractivity contribution in [1.29, 1.82) is 0 Å². The van der Waals surface area contributed by atoms with E-state index < -0.39 is 5.60 Å². The van der Waals surface area contributed by atoms with E-state index in [9.17, 15) is 4.79 Å². The van der Waals surface area contributed by atoms with Crippen molar-refractivity contribution in [2.24, 2.45) is 5.92 Å². The van der Waals surface area contributed by atoms with Crippen LogP contribution in [0.4, 0.5) is 4.79 Å². The Morgan fingerprint density at radius 3 is 2.55 bits per heavy atom. The molecule has 120 valence electrons. The standard InChI is InChI=1S/C18H26N2O2/c1-18(2,3)22-17(21)20-12-10-15-9-11-19(16(15)20)13-14-7-5-4-6-8-14/h4-8,15-16H,9-13H2,1-3H3/t15-,16+/m0/s1. The van der Waals surface area contributed by atoms with Crippen molar-refractivity contribution in [2.45, 2.75) is 51.9 Å². The Labute approximate surface area is 133 Å². The number of rotatable bonds is 2. The highest BCUT2D eigenvalue weighted by Crippen LogP contribution is 2.37. The zero-order valence-electron chi connectivity index (χ0n) is 13.8. The molecule has 2 saturated heterocycles.